The lowest BCUT2D eigenvalue weighted by Gasteiger charge is -2.35. The summed E-state index contributed by atoms with van der Waals surface area (Å²) in [6.45, 7) is 5.68. The predicted molar refractivity (Wildman–Crippen MR) is 122 cm³/mol. The van der Waals surface area contributed by atoms with Crippen LogP contribution in [0, 0.1) is 6.92 Å². The Bertz CT molecular complexity index is 1070. The van der Waals surface area contributed by atoms with E-state index in [9.17, 15) is 14.4 Å². The number of nitrogens with zero attached hydrogens (tertiary/aromatic N) is 4. The van der Waals surface area contributed by atoms with Crippen LogP contribution in [-0.2, 0) is 23.9 Å². The van der Waals surface area contributed by atoms with E-state index in [1.807, 2.05) is 19.1 Å². The number of benzene rings is 1. The summed E-state index contributed by atoms with van der Waals surface area (Å²) in [6.07, 6.45) is 0.330. The van der Waals surface area contributed by atoms with Gasteiger partial charge in [0, 0.05) is 37.9 Å². The van der Waals surface area contributed by atoms with E-state index < -0.39 is 24.1 Å². The fourth-order valence-corrected chi connectivity index (χ4v) is 4.06. The summed E-state index contributed by atoms with van der Waals surface area (Å²) >= 11 is 12.1. The quantitative estimate of drug-likeness (QED) is 0.302. The third-order valence-corrected chi connectivity index (χ3v) is 6.35. The number of aromatic nitrogens is 2. The maximum Gasteiger partial charge on any atom is 0.421 e. The monoisotopic (exact) mass is 510 g/mol. The molecule has 2 saturated heterocycles. The zero-order valence-corrected chi connectivity index (χ0v) is 20.0. The summed E-state index contributed by atoms with van der Waals surface area (Å²) in [5.41, 5.74) is 1.73. The average molecular weight is 511 g/mol. The van der Waals surface area contributed by atoms with Crippen molar-refractivity contribution in [2.75, 3.05) is 39.3 Å². The van der Waals surface area contributed by atoms with Crippen LogP contribution in [0.25, 0.3) is 5.69 Å². The van der Waals surface area contributed by atoms with E-state index in [0.717, 1.165) is 30.8 Å². The maximum atomic E-state index is 12.3. The van der Waals surface area contributed by atoms with Crippen LogP contribution in [0.15, 0.2) is 24.3 Å². The summed E-state index contributed by atoms with van der Waals surface area (Å²) in [5, 5.41) is 5.44. The first-order chi connectivity index (χ1) is 16.3. The summed E-state index contributed by atoms with van der Waals surface area (Å²) in [5.74, 6) is -2.21. The highest BCUT2D eigenvalue weighted by Crippen LogP contribution is 2.26. The van der Waals surface area contributed by atoms with Crippen LogP contribution in [0.4, 0.5) is 0 Å². The highest BCUT2D eigenvalue weighted by Gasteiger charge is 2.41. The smallest absolute Gasteiger partial charge is 0.421 e. The van der Waals surface area contributed by atoms with Crippen LogP contribution in [0.5, 0.6) is 5.88 Å². The lowest BCUT2D eigenvalue weighted by atomic mass is 10.2. The zero-order valence-electron chi connectivity index (χ0n) is 18.5. The fourth-order valence-electron chi connectivity index (χ4n) is 3.77. The van der Waals surface area contributed by atoms with E-state index in [1.165, 1.54) is 0 Å². The number of unbranched alkanes of at least 4 members (excludes halogenated alkanes) is 1. The summed E-state index contributed by atoms with van der Waals surface area (Å²) < 4.78 is 16.8. The van der Waals surface area contributed by atoms with Gasteiger partial charge >= 0.3 is 24.1 Å². The molecule has 0 saturated carbocycles. The summed E-state index contributed by atoms with van der Waals surface area (Å²) in [6, 6.07) is 7.21. The number of carbonyl (C=O) groups excluding carboxylic acids is 3. The molecule has 0 bridgehead atoms. The van der Waals surface area contributed by atoms with Gasteiger partial charge in [-0.05, 0) is 44.5 Å². The number of rotatable bonds is 8. The van der Waals surface area contributed by atoms with Gasteiger partial charge in [-0.3, -0.25) is 9.69 Å². The first kappa shape index (κ1) is 24.3. The Balaban J connectivity index is 1.15. The van der Waals surface area contributed by atoms with Gasteiger partial charge in [0.2, 0.25) is 5.88 Å². The molecule has 182 valence electrons. The minimum absolute atomic E-state index is 0.465. The minimum Gasteiger partial charge on any atom is -0.477 e. The van der Waals surface area contributed by atoms with Crippen molar-refractivity contribution >= 4 is 41.0 Å². The van der Waals surface area contributed by atoms with Crippen molar-refractivity contribution < 1.29 is 28.6 Å². The minimum atomic E-state index is -1.45. The molecule has 1 aromatic heterocycles. The van der Waals surface area contributed by atoms with Gasteiger partial charge in [-0.1, -0.05) is 23.2 Å². The number of esters is 2. The second-order valence-electron chi connectivity index (χ2n) is 8.00. The van der Waals surface area contributed by atoms with Gasteiger partial charge in [-0.25, -0.2) is 14.3 Å². The lowest BCUT2D eigenvalue weighted by Crippen LogP contribution is -2.51. The molecule has 3 heterocycles. The number of hydrogen-bond acceptors (Lipinski definition) is 8. The second-order valence-corrected chi connectivity index (χ2v) is 8.81. The van der Waals surface area contributed by atoms with Crippen LogP contribution in [0.1, 0.15) is 18.5 Å². The standard InChI is InChI=1S/C22H24Cl2N4O6/c1-14-12-18(25-28(14)15-4-5-16(23)17(24)13-15)32-11-3-2-6-26-7-9-27(10-8-26)19(29)22-33-20(30)21(31)34-22/h4-5,12-13,22H,2-3,6-11H2,1H3. The first-order valence-corrected chi connectivity index (χ1v) is 11.6. The Labute approximate surface area is 206 Å². The first-order valence-electron chi connectivity index (χ1n) is 10.9. The van der Waals surface area contributed by atoms with Crippen LogP contribution >= 0.6 is 23.2 Å². The molecule has 2 aliphatic heterocycles. The molecule has 12 heteroatoms. The highest BCUT2D eigenvalue weighted by atomic mass is 35.5. The topological polar surface area (TPSA) is 103 Å². The van der Waals surface area contributed by atoms with Gasteiger partial charge in [0.25, 0.3) is 0 Å². The number of hydrogen-bond donors (Lipinski definition) is 0. The number of carbonyl (C=O) groups is 3. The molecule has 2 fully saturated rings. The highest BCUT2D eigenvalue weighted by molar-refractivity contribution is 6.42. The number of ether oxygens (including phenoxy) is 3. The van der Waals surface area contributed by atoms with E-state index in [2.05, 4.69) is 19.5 Å². The molecule has 1 amide bonds. The summed E-state index contributed by atoms with van der Waals surface area (Å²) in [4.78, 5) is 38.3. The van der Waals surface area contributed by atoms with E-state index >= 15 is 0 Å². The van der Waals surface area contributed by atoms with Gasteiger partial charge < -0.3 is 19.1 Å². The van der Waals surface area contributed by atoms with Crippen molar-refractivity contribution in [1.82, 2.24) is 19.6 Å². The SMILES string of the molecule is Cc1cc(OCCCCN2CCN(C(=O)C3OC(=O)C(=O)O3)CC2)nn1-c1ccc(Cl)c(Cl)c1. The van der Waals surface area contributed by atoms with Gasteiger partial charge in [0.05, 0.1) is 22.3 Å². The Morgan fingerprint density at radius 1 is 1.06 bits per heavy atom. The average Bonchev–Trinajstić information content (AvgIpc) is 3.36. The summed E-state index contributed by atoms with van der Waals surface area (Å²) in [7, 11) is 0. The molecule has 0 radical (unpaired) electrons. The van der Waals surface area contributed by atoms with Crippen molar-refractivity contribution in [3.05, 3.63) is 40.0 Å². The number of cyclic esters (lactones) is 2. The van der Waals surface area contributed by atoms with Gasteiger partial charge in [0.1, 0.15) is 0 Å². The molecule has 0 spiro atoms. The molecule has 2 aromatic rings. The molecule has 10 nitrogen and oxygen atoms in total. The van der Waals surface area contributed by atoms with Crippen LogP contribution in [-0.4, -0.2) is 83.0 Å². The number of amides is 1. The normalized spacial score (nSPS) is 17.1. The van der Waals surface area contributed by atoms with Gasteiger partial charge in [-0.15, -0.1) is 5.10 Å². The molecule has 2 aliphatic rings. The van der Waals surface area contributed by atoms with Crippen LogP contribution in [0.2, 0.25) is 10.0 Å². The van der Waals surface area contributed by atoms with Crippen molar-refractivity contribution in [2.45, 2.75) is 26.1 Å². The molecular weight excluding hydrogens is 487 g/mol. The Morgan fingerprint density at radius 3 is 2.44 bits per heavy atom. The molecule has 0 atom stereocenters. The molecule has 0 unspecified atom stereocenters. The van der Waals surface area contributed by atoms with Crippen molar-refractivity contribution in [2.24, 2.45) is 0 Å². The third-order valence-electron chi connectivity index (χ3n) is 5.61. The Hall–Kier alpha value is -2.82. The van der Waals surface area contributed by atoms with E-state index in [-0.39, 0.29) is 0 Å². The molecule has 34 heavy (non-hydrogen) atoms. The molecule has 0 N–H and O–H groups in total. The van der Waals surface area contributed by atoms with E-state index in [4.69, 9.17) is 27.9 Å². The van der Waals surface area contributed by atoms with Crippen molar-refractivity contribution in [1.29, 1.82) is 0 Å². The Morgan fingerprint density at radius 2 is 1.76 bits per heavy atom. The number of piperazine rings is 1. The molecule has 1 aromatic carbocycles. The van der Waals surface area contributed by atoms with E-state index in [0.29, 0.717) is 48.7 Å². The number of halogens is 2. The largest absolute Gasteiger partial charge is 0.477 e. The van der Waals surface area contributed by atoms with Crippen LogP contribution in [0.3, 0.4) is 0 Å². The van der Waals surface area contributed by atoms with Gasteiger partial charge in [-0.2, -0.15) is 0 Å². The number of aryl methyl sites for hydroxylation is 1. The zero-order chi connectivity index (χ0) is 24.2. The predicted octanol–water partition coefficient (Wildman–Crippen LogP) is 2.22. The second kappa shape index (κ2) is 10.6. The van der Waals surface area contributed by atoms with Crippen LogP contribution < -0.4 is 4.74 Å². The Kier molecular flexibility index (Phi) is 7.60. The fraction of sp³-hybridized carbons (Fsp3) is 0.455. The third kappa shape index (κ3) is 5.63. The lowest BCUT2D eigenvalue weighted by molar-refractivity contribution is -0.167. The molecular formula is C22H24Cl2N4O6. The molecule has 4 rings (SSSR count). The molecule has 0 aliphatic carbocycles. The van der Waals surface area contributed by atoms with Crippen molar-refractivity contribution in [3.8, 4) is 11.6 Å². The van der Waals surface area contributed by atoms with Gasteiger partial charge in [0.15, 0.2) is 0 Å². The van der Waals surface area contributed by atoms with Crippen molar-refractivity contribution in [3.63, 3.8) is 0 Å². The maximum absolute atomic E-state index is 12.3. The van der Waals surface area contributed by atoms with E-state index in [1.54, 1.807) is 21.7 Å².